The van der Waals surface area contributed by atoms with Gasteiger partial charge >= 0.3 is 0 Å². The van der Waals surface area contributed by atoms with Crippen molar-refractivity contribution in [3.05, 3.63) is 28.8 Å². The highest BCUT2D eigenvalue weighted by Gasteiger charge is 2.34. The van der Waals surface area contributed by atoms with Crippen molar-refractivity contribution >= 4 is 11.6 Å². The molecule has 0 aromatic heterocycles. The molecular weight excluding hydrogens is 228 g/mol. The minimum absolute atomic E-state index is 0.167. The summed E-state index contributed by atoms with van der Waals surface area (Å²) in [5.41, 5.74) is 8.20. The lowest BCUT2D eigenvalue weighted by Crippen LogP contribution is -2.47. The molecule has 0 bridgehead atoms. The van der Waals surface area contributed by atoms with E-state index in [0.717, 1.165) is 30.4 Å². The molecule has 98 valence electrons. The van der Waals surface area contributed by atoms with Crippen LogP contribution in [0, 0.1) is 13.8 Å². The Bertz CT molecular complexity index is 479. The Hall–Kier alpha value is -1.55. The number of hydrogen-bond acceptors (Lipinski definition) is 3. The fourth-order valence-corrected chi connectivity index (χ4v) is 2.22. The average Bonchev–Trinajstić information content (AvgIpc) is 2.28. The molecule has 1 aromatic carbocycles. The van der Waals surface area contributed by atoms with Crippen LogP contribution in [0.2, 0.25) is 0 Å². The van der Waals surface area contributed by atoms with Gasteiger partial charge in [-0.2, -0.15) is 0 Å². The second-order valence-electron chi connectivity index (χ2n) is 5.28. The normalized spacial score (nSPS) is 17.1. The Balaban J connectivity index is 2.06. The van der Waals surface area contributed by atoms with Gasteiger partial charge in [0.1, 0.15) is 0 Å². The van der Waals surface area contributed by atoms with Gasteiger partial charge in [-0.25, -0.2) is 0 Å². The number of nitrogen functional groups attached to an aromatic ring is 1. The maximum absolute atomic E-state index is 12.0. The SMILES string of the molecule is Cc1cc(C)c(C(=O)NCC2(O)CCC2)cc1N. The van der Waals surface area contributed by atoms with Gasteiger partial charge in [-0.05, 0) is 50.3 Å². The first-order valence-electron chi connectivity index (χ1n) is 6.29. The minimum atomic E-state index is -0.695. The zero-order chi connectivity index (χ0) is 13.3. The predicted molar refractivity (Wildman–Crippen MR) is 71.5 cm³/mol. The summed E-state index contributed by atoms with van der Waals surface area (Å²) in [6.07, 6.45) is 2.56. The number of rotatable bonds is 3. The fraction of sp³-hybridized carbons (Fsp3) is 0.500. The van der Waals surface area contributed by atoms with Gasteiger partial charge in [0.25, 0.3) is 5.91 Å². The monoisotopic (exact) mass is 248 g/mol. The molecule has 1 aliphatic rings. The molecule has 0 heterocycles. The van der Waals surface area contributed by atoms with Crippen LogP contribution in [0.5, 0.6) is 0 Å². The zero-order valence-corrected chi connectivity index (χ0v) is 10.9. The number of carbonyl (C=O) groups is 1. The Morgan fingerprint density at radius 2 is 2.06 bits per heavy atom. The van der Waals surface area contributed by atoms with Crippen molar-refractivity contribution in [3.63, 3.8) is 0 Å². The molecule has 18 heavy (non-hydrogen) atoms. The van der Waals surface area contributed by atoms with Gasteiger partial charge in [-0.1, -0.05) is 6.07 Å². The fourth-order valence-electron chi connectivity index (χ4n) is 2.22. The first-order chi connectivity index (χ1) is 8.41. The van der Waals surface area contributed by atoms with Crippen LogP contribution in [0.4, 0.5) is 5.69 Å². The van der Waals surface area contributed by atoms with Crippen molar-refractivity contribution in [2.45, 2.75) is 38.7 Å². The van der Waals surface area contributed by atoms with Gasteiger partial charge in [0, 0.05) is 17.8 Å². The molecule has 0 unspecified atom stereocenters. The van der Waals surface area contributed by atoms with E-state index in [1.807, 2.05) is 19.9 Å². The molecule has 0 radical (unpaired) electrons. The van der Waals surface area contributed by atoms with Gasteiger partial charge in [-0.3, -0.25) is 4.79 Å². The molecule has 1 aromatic rings. The quantitative estimate of drug-likeness (QED) is 0.710. The first kappa shape index (κ1) is 12.9. The minimum Gasteiger partial charge on any atom is -0.398 e. The molecule has 2 rings (SSSR count). The van der Waals surface area contributed by atoms with Crippen molar-refractivity contribution in [3.8, 4) is 0 Å². The topological polar surface area (TPSA) is 75.3 Å². The van der Waals surface area contributed by atoms with E-state index in [1.165, 1.54) is 0 Å². The van der Waals surface area contributed by atoms with Crippen LogP contribution in [-0.4, -0.2) is 23.2 Å². The number of hydrogen-bond donors (Lipinski definition) is 3. The molecule has 1 saturated carbocycles. The predicted octanol–water partition coefficient (Wildman–Crippen LogP) is 1.53. The Labute approximate surface area is 107 Å². The Morgan fingerprint density at radius 3 is 2.61 bits per heavy atom. The molecule has 4 nitrogen and oxygen atoms in total. The maximum atomic E-state index is 12.0. The molecule has 1 fully saturated rings. The molecule has 1 amide bonds. The Kier molecular flexibility index (Phi) is 3.30. The molecule has 0 aliphatic heterocycles. The molecule has 0 atom stereocenters. The van der Waals surface area contributed by atoms with E-state index in [-0.39, 0.29) is 5.91 Å². The number of amides is 1. The van der Waals surface area contributed by atoms with Crippen LogP contribution in [-0.2, 0) is 0 Å². The van der Waals surface area contributed by atoms with Crippen LogP contribution in [0.1, 0.15) is 40.7 Å². The third-order valence-electron chi connectivity index (χ3n) is 3.72. The van der Waals surface area contributed by atoms with E-state index in [4.69, 9.17) is 5.73 Å². The number of anilines is 1. The van der Waals surface area contributed by atoms with E-state index in [9.17, 15) is 9.90 Å². The van der Waals surface area contributed by atoms with Gasteiger partial charge in [0.15, 0.2) is 0 Å². The molecule has 4 heteroatoms. The van der Waals surface area contributed by atoms with E-state index in [2.05, 4.69) is 5.32 Å². The standard InChI is InChI=1S/C14H20N2O2/c1-9-6-10(2)12(15)7-11(9)13(17)16-8-14(18)4-3-5-14/h6-7,18H,3-5,8,15H2,1-2H3,(H,16,17). The van der Waals surface area contributed by atoms with E-state index in [1.54, 1.807) is 6.07 Å². The highest BCUT2D eigenvalue weighted by molar-refractivity contribution is 5.96. The van der Waals surface area contributed by atoms with Crippen LogP contribution in [0.25, 0.3) is 0 Å². The van der Waals surface area contributed by atoms with Gasteiger partial charge in [-0.15, -0.1) is 0 Å². The summed E-state index contributed by atoms with van der Waals surface area (Å²) in [5, 5.41) is 12.7. The molecule has 0 spiro atoms. The van der Waals surface area contributed by atoms with E-state index in [0.29, 0.717) is 17.8 Å². The number of carbonyl (C=O) groups excluding carboxylic acids is 1. The number of nitrogens with one attached hydrogen (secondary N) is 1. The number of nitrogens with two attached hydrogens (primary N) is 1. The van der Waals surface area contributed by atoms with Crippen LogP contribution in [0.15, 0.2) is 12.1 Å². The zero-order valence-electron chi connectivity index (χ0n) is 10.9. The summed E-state index contributed by atoms with van der Waals surface area (Å²) >= 11 is 0. The molecular formula is C14H20N2O2. The lowest BCUT2D eigenvalue weighted by molar-refractivity contribution is -0.0300. The number of aryl methyl sites for hydroxylation is 2. The molecule has 0 saturated heterocycles. The second kappa shape index (κ2) is 4.61. The first-order valence-corrected chi connectivity index (χ1v) is 6.29. The third-order valence-corrected chi connectivity index (χ3v) is 3.72. The summed E-state index contributed by atoms with van der Waals surface area (Å²) in [7, 11) is 0. The summed E-state index contributed by atoms with van der Waals surface area (Å²) in [4.78, 5) is 12.0. The van der Waals surface area contributed by atoms with Crippen molar-refractivity contribution in [1.82, 2.24) is 5.32 Å². The lowest BCUT2D eigenvalue weighted by atomic mass is 9.80. The maximum Gasteiger partial charge on any atom is 0.251 e. The third kappa shape index (κ3) is 2.48. The van der Waals surface area contributed by atoms with Gasteiger partial charge in [0.2, 0.25) is 0 Å². The average molecular weight is 248 g/mol. The van der Waals surface area contributed by atoms with Crippen molar-refractivity contribution in [2.75, 3.05) is 12.3 Å². The molecule has 1 aliphatic carbocycles. The summed E-state index contributed by atoms with van der Waals surface area (Å²) in [6, 6.07) is 3.60. The van der Waals surface area contributed by atoms with Crippen molar-refractivity contribution in [2.24, 2.45) is 0 Å². The lowest BCUT2D eigenvalue weighted by Gasteiger charge is -2.36. The Morgan fingerprint density at radius 1 is 1.39 bits per heavy atom. The second-order valence-corrected chi connectivity index (χ2v) is 5.28. The summed E-state index contributed by atoms with van der Waals surface area (Å²) < 4.78 is 0. The number of aliphatic hydroxyl groups is 1. The largest absolute Gasteiger partial charge is 0.398 e. The van der Waals surface area contributed by atoms with Crippen LogP contribution in [0.3, 0.4) is 0 Å². The van der Waals surface area contributed by atoms with Crippen molar-refractivity contribution in [1.29, 1.82) is 0 Å². The van der Waals surface area contributed by atoms with Crippen molar-refractivity contribution < 1.29 is 9.90 Å². The highest BCUT2D eigenvalue weighted by atomic mass is 16.3. The van der Waals surface area contributed by atoms with Crippen LogP contribution >= 0.6 is 0 Å². The highest BCUT2D eigenvalue weighted by Crippen LogP contribution is 2.30. The number of benzene rings is 1. The molecule has 4 N–H and O–H groups in total. The smallest absolute Gasteiger partial charge is 0.251 e. The van der Waals surface area contributed by atoms with E-state index >= 15 is 0 Å². The van der Waals surface area contributed by atoms with Gasteiger partial charge < -0.3 is 16.2 Å². The van der Waals surface area contributed by atoms with Crippen LogP contribution < -0.4 is 11.1 Å². The van der Waals surface area contributed by atoms with E-state index < -0.39 is 5.60 Å². The summed E-state index contributed by atoms with van der Waals surface area (Å²) in [6.45, 7) is 4.12. The summed E-state index contributed by atoms with van der Waals surface area (Å²) in [5.74, 6) is -0.167. The van der Waals surface area contributed by atoms with Gasteiger partial charge in [0.05, 0.1) is 5.60 Å².